The van der Waals surface area contributed by atoms with Gasteiger partial charge < -0.3 is 63.1 Å². The largest absolute Gasteiger partial charge is 0.393 e. The van der Waals surface area contributed by atoms with E-state index in [4.69, 9.17) is 53.7 Å². The van der Waals surface area contributed by atoms with Crippen LogP contribution in [0.2, 0.25) is 18.1 Å². The molecule has 0 aromatic rings. The standard InChI is InChI=1S/C22H36O4.C22H32O3.C22H34O2.C21H32O3.C19H28O2.C6H15ClSi.C4H8O.4CH4.B/c1-13-4-7-20(2)14-5-8-21(3)15(6-9-22(21)25-10-11-26-22)17(14)19(24)18(23)16(20)12-13;1-14-4-7-20(2)15(12-14)13-18(23)19-16(20)5-8-21(3)17(19)6-9-22(21)24-10-11-25-22;1-15-6-9-20(2)16(14-15)4-5-17-18(20)7-10-21(3)19(17)8-11-22(21)23-12-13-24-22;1-19-8-5-15(22)13-14(19)3-4-16-17(19)6-9-20(2)18(16)7-10-21(20)23-11-12-24-21;1-18-9-7-13(20)11-12(18)3-4-14-15-5-6-17(21)19(15,2)10-8-16(14)18;1-6(2,3)8(4,5)7;1-2-4-5-3-1;;;;;/h13-19,23-24H,4-12H2,1-3H3;13-14,16-17,19H,4-12H2,1-3H3;4,15,17-19H,5-14H2,1-3H3;3,15-18,22H,4-13H2,1-2H3;3,13-16,20H,4-11H2,1-2H3;1-5H3;1-4H2;4*1H4;/t13-,14-,15-,16+,17+,18+,19+,20+,21-;14-,16-,17-,19+,20-,21-;15-,17+,18-,19-,20-,21-;15-,16+,17-,18-,19-,20-;13-,14-,15-,16-,18-,19-;;;;;;;/m00000......./s1. The molecule has 25 rings (SSSR count). The molecule has 18 heteroatoms. The van der Waals surface area contributed by atoms with Crippen LogP contribution in [-0.2, 0) is 52.2 Å². The number of carbonyl (C=O) groups excluding carboxylic acids is 2. The molecule has 0 bridgehead atoms. The van der Waals surface area contributed by atoms with E-state index in [1.807, 2.05) is 5.57 Å². The molecule has 33 atom stereocenters. The lowest BCUT2D eigenvalue weighted by molar-refractivity contribution is -0.268. The molecular weight excluding hydrogens is 1760 g/mol. The Morgan fingerprint density at radius 2 is 0.681 bits per heavy atom. The van der Waals surface area contributed by atoms with Crippen LogP contribution in [0, 0.1) is 167 Å². The number of ether oxygens (including phenoxy) is 9. The fraction of sp³-hybridized carbons (Fsp3) is 0.917. The summed E-state index contributed by atoms with van der Waals surface area (Å²) in [4.78, 5) is 25.6. The number of rotatable bonds is 0. The maximum Gasteiger partial charge on any atom is 0.174 e. The molecule has 0 aromatic carbocycles. The number of Topliss-reactive ketones (excluding diaryl/α,β-unsaturated/α-hetero) is 1. The van der Waals surface area contributed by atoms with Gasteiger partial charge in [0.1, 0.15) is 5.78 Å². The Hall–Kier alpha value is -1.65. The fourth-order valence-corrected chi connectivity index (χ4v) is 38.0. The highest BCUT2D eigenvalue weighted by Gasteiger charge is 2.74. The van der Waals surface area contributed by atoms with Crippen LogP contribution in [0.15, 0.2) is 46.6 Å². The lowest BCUT2D eigenvalue weighted by Gasteiger charge is -2.64. The molecule has 16 saturated carbocycles. The average molecular weight is 1960 g/mol. The first kappa shape index (κ1) is 112. The van der Waals surface area contributed by atoms with Gasteiger partial charge in [0, 0.05) is 86.7 Å². The maximum absolute atomic E-state index is 13.3. The summed E-state index contributed by atoms with van der Waals surface area (Å²) >= 11 is 6.15. The van der Waals surface area contributed by atoms with Crippen molar-refractivity contribution in [2.45, 2.75) is 463 Å². The molecule has 138 heavy (non-hydrogen) atoms. The van der Waals surface area contributed by atoms with Gasteiger partial charge in [-0.25, -0.2) is 0 Å². The van der Waals surface area contributed by atoms with Gasteiger partial charge in [0.25, 0.3) is 0 Å². The Bertz CT molecular complexity index is 4210. The monoisotopic (exact) mass is 1960 g/mol. The van der Waals surface area contributed by atoms with E-state index < -0.39 is 31.2 Å². The molecule has 21 fully saturated rings. The van der Waals surface area contributed by atoms with Crippen LogP contribution >= 0.6 is 11.1 Å². The molecule has 15 nitrogen and oxygen atoms in total. The molecule has 5 saturated heterocycles. The van der Waals surface area contributed by atoms with E-state index in [0.29, 0.717) is 101 Å². The number of hydrogen-bond acceptors (Lipinski definition) is 15. The average Bonchev–Trinajstić information content (AvgIpc) is 1.52. The molecule has 5 heterocycles. The Morgan fingerprint density at radius 3 is 1.10 bits per heavy atom. The summed E-state index contributed by atoms with van der Waals surface area (Å²) in [6.07, 6.45) is 54.9. The van der Waals surface area contributed by atoms with E-state index in [2.05, 4.69) is 148 Å². The van der Waals surface area contributed by atoms with Crippen molar-refractivity contribution in [2.75, 3.05) is 66.1 Å². The van der Waals surface area contributed by atoms with Crippen LogP contribution < -0.4 is 0 Å². The van der Waals surface area contributed by atoms with Crippen molar-refractivity contribution in [1.82, 2.24) is 0 Å². The Balaban J connectivity index is 0.000000132. The number of aliphatic hydroxyl groups excluding tert-OH is 4. The summed E-state index contributed by atoms with van der Waals surface area (Å²) in [5, 5.41) is 42.9. The Morgan fingerprint density at radius 1 is 0.355 bits per heavy atom. The van der Waals surface area contributed by atoms with E-state index in [0.717, 1.165) is 228 Å². The summed E-state index contributed by atoms with van der Waals surface area (Å²) in [7, 11) is -1.39. The second kappa shape index (κ2) is 40.9. The van der Waals surface area contributed by atoms with Crippen LogP contribution in [0.4, 0.5) is 0 Å². The second-order valence-corrected chi connectivity index (χ2v) is 61.3. The van der Waals surface area contributed by atoms with Crippen LogP contribution in [0.5, 0.6) is 0 Å². The normalized spacial score (nSPS) is 48.2. The van der Waals surface area contributed by atoms with Crippen molar-refractivity contribution in [3.8, 4) is 0 Å². The minimum Gasteiger partial charge on any atom is -0.393 e. The zero-order valence-corrected chi connectivity index (χ0v) is 88.9. The lowest BCUT2D eigenvalue weighted by atomic mass is 9.43. The van der Waals surface area contributed by atoms with E-state index in [1.165, 1.54) is 133 Å². The van der Waals surface area contributed by atoms with Crippen molar-refractivity contribution < 1.29 is 72.6 Å². The van der Waals surface area contributed by atoms with Crippen LogP contribution in [0.3, 0.4) is 0 Å². The minimum absolute atomic E-state index is 0. The predicted molar refractivity (Wildman–Crippen MR) is 561 cm³/mol. The number of allylic oxidation sites excluding steroid dienone is 6. The quantitative estimate of drug-likeness (QED) is 0.101. The van der Waals surface area contributed by atoms with E-state index >= 15 is 0 Å². The van der Waals surface area contributed by atoms with Gasteiger partial charge in [-0.2, -0.15) is 11.1 Å². The van der Waals surface area contributed by atoms with Gasteiger partial charge in [-0.3, -0.25) is 9.59 Å². The molecule has 25 aliphatic rings. The first-order valence-corrected chi connectivity index (χ1v) is 59.9. The second-order valence-electron chi connectivity index (χ2n) is 54.0. The zero-order chi connectivity index (χ0) is 94.3. The summed E-state index contributed by atoms with van der Waals surface area (Å²) in [6, 6.07) is 0. The first-order valence-electron chi connectivity index (χ1n) is 55.9. The van der Waals surface area contributed by atoms with Gasteiger partial charge in [-0.15, -0.1) is 0 Å². The summed E-state index contributed by atoms with van der Waals surface area (Å²) in [6.45, 7) is 50.3. The molecule has 0 aromatic heterocycles. The lowest BCUT2D eigenvalue weighted by Crippen LogP contribution is -2.65. The smallest absolute Gasteiger partial charge is 0.174 e. The number of aliphatic hydroxyl groups is 4. The summed E-state index contributed by atoms with van der Waals surface area (Å²) in [5.74, 6) is 11.3. The maximum atomic E-state index is 13.3. The number of carbonyl (C=O) groups is 2. The van der Waals surface area contributed by atoms with Crippen molar-refractivity contribution in [2.24, 2.45) is 167 Å². The van der Waals surface area contributed by atoms with Crippen LogP contribution in [-0.4, -0.2) is 161 Å². The minimum atomic E-state index is -1.39. The van der Waals surface area contributed by atoms with Crippen LogP contribution in [0.1, 0.15) is 397 Å². The predicted octanol–water partition coefficient (Wildman–Crippen LogP) is 27.3. The molecule has 4 spiro atoms. The van der Waals surface area contributed by atoms with Crippen molar-refractivity contribution in [3.63, 3.8) is 0 Å². The van der Waals surface area contributed by atoms with Gasteiger partial charge in [0.2, 0.25) is 0 Å². The number of ketones is 2. The van der Waals surface area contributed by atoms with Gasteiger partial charge in [-0.05, 0) is 363 Å². The molecule has 0 amide bonds. The SMILES string of the molecule is C.C.C.C.C1CCOC1.CC(C)(C)[Si](C)(C)Cl.C[C@H]1CC[C@@]2(C)C(=CC(=O)[C@@H]3[C@@H]2CC[C@@]2(C)[C@H]3CCC23OCCO3)C1.C[C@H]1CC[C@@]2(C)C(=CC[C@@H]3[C@@H]2CC[C@@]2(C)[C@H]3CCC23OCCO3)C1.C[C@H]1CC[C@@]2(C)[C@H](C1)[C@@H](O)[C@H](O)[C@@H]1[C@@H]2CC[C@@]2(C)[C@H]1CCC21OCCO1.C[C@]12CC[C@H](O)CC1=CC[C@@H]1[C@@H]2CC[C@@]2(C)[C@H]1CCC21OCCO1.C[C@]12CC[C@H](O)CC1=CC[C@@H]1[C@@H]2CC[C@]2(C)C(=O)CC[C@@H]12.[B]. The third-order valence-corrected chi connectivity index (χ3v) is 52.5. The highest BCUT2D eigenvalue weighted by molar-refractivity contribution is 7.20. The molecule has 20 aliphatic carbocycles. The molecule has 0 unspecified atom stereocenters. The Labute approximate surface area is 848 Å². The third-order valence-electron chi connectivity index (χ3n) is 47.2. The Kier molecular flexibility index (Phi) is 33.2. The topological polar surface area (TPSA) is 198 Å². The number of halogens is 1. The number of fused-ring (bicyclic) bond motifs is 29. The fourth-order valence-electron chi connectivity index (χ4n) is 38.0. The van der Waals surface area contributed by atoms with E-state index in [1.54, 1.807) is 5.57 Å². The first-order chi connectivity index (χ1) is 62.9. The highest BCUT2D eigenvalue weighted by atomic mass is 35.6. The van der Waals surface area contributed by atoms with Crippen molar-refractivity contribution >= 4 is 38.4 Å². The van der Waals surface area contributed by atoms with Gasteiger partial charge in [0.15, 0.2) is 36.3 Å². The van der Waals surface area contributed by atoms with E-state index in [-0.39, 0.29) is 118 Å². The number of hydrogen-bond donors (Lipinski definition) is 4. The third kappa shape index (κ3) is 18.0. The van der Waals surface area contributed by atoms with Crippen molar-refractivity contribution in [1.29, 1.82) is 0 Å². The van der Waals surface area contributed by atoms with E-state index in [9.17, 15) is 30.0 Å². The van der Waals surface area contributed by atoms with Gasteiger partial charge in [-0.1, -0.05) is 201 Å². The summed E-state index contributed by atoms with van der Waals surface area (Å²) in [5.41, 5.74) is 8.29. The van der Waals surface area contributed by atoms with Gasteiger partial charge in [0.05, 0.1) is 77.3 Å². The zero-order valence-electron chi connectivity index (χ0n) is 87.2. The highest BCUT2D eigenvalue weighted by Crippen LogP contribution is 2.76. The molecule has 5 aliphatic heterocycles. The molecule has 4 N–H and O–H groups in total. The molecule has 3 radical (unpaired) electrons. The van der Waals surface area contributed by atoms with Crippen LogP contribution in [0.25, 0.3) is 0 Å². The molecule has 785 valence electrons. The molecular formula is C120H201BClO15Si. The van der Waals surface area contributed by atoms with Crippen molar-refractivity contribution in [3.05, 3.63) is 46.6 Å². The van der Waals surface area contributed by atoms with Gasteiger partial charge >= 0.3 is 0 Å². The summed E-state index contributed by atoms with van der Waals surface area (Å²) < 4.78 is 54.7.